The Kier molecular flexibility index (Phi) is 6.15. The third kappa shape index (κ3) is 4.23. The van der Waals surface area contributed by atoms with Crippen LogP contribution >= 0.6 is 23.2 Å². The van der Waals surface area contributed by atoms with Crippen LogP contribution in [-0.4, -0.2) is 30.2 Å². The zero-order valence-corrected chi connectivity index (χ0v) is 20.4. The molecule has 2 fully saturated rings. The molecule has 2 saturated heterocycles. The van der Waals surface area contributed by atoms with Gasteiger partial charge in [0.2, 0.25) is 17.7 Å². The van der Waals surface area contributed by atoms with E-state index in [1.165, 1.54) is 9.80 Å². The zero-order chi connectivity index (χ0) is 24.9. The van der Waals surface area contributed by atoms with Crippen molar-refractivity contribution in [2.75, 3.05) is 16.3 Å². The molecular formula is C26H22Cl2N2O5. The second kappa shape index (κ2) is 9.13. The van der Waals surface area contributed by atoms with Gasteiger partial charge in [-0.2, -0.15) is 0 Å². The summed E-state index contributed by atoms with van der Waals surface area (Å²) in [6, 6.07) is 11.3. The number of rotatable bonds is 4. The van der Waals surface area contributed by atoms with Crippen LogP contribution in [0.15, 0.2) is 54.1 Å². The van der Waals surface area contributed by atoms with E-state index in [9.17, 15) is 19.2 Å². The molecule has 0 spiro atoms. The number of carbonyl (C=O) groups excluding carboxylic acids is 4. The molecule has 0 aromatic heterocycles. The highest BCUT2D eigenvalue weighted by Crippen LogP contribution is 2.40. The number of nitrogens with zero attached hydrogens (tertiary/aromatic N) is 2. The van der Waals surface area contributed by atoms with Crippen molar-refractivity contribution in [3.63, 3.8) is 0 Å². The summed E-state index contributed by atoms with van der Waals surface area (Å²) < 4.78 is 5.49. The minimum Gasteiger partial charge on any atom is -0.426 e. The van der Waals surface area contributed by atoms with E-state index < -0.39 is 11.9 Å². The molecule has 35 heavy (non-hydrogen) atoms. The van der Waals surface area contributed by atoms with E-state index in [0.29, 0.717) is 29.2 Å². The van der Waals surface area contributed by atoms with Crippen LogP contribution in [0.2, 0.25) is 10.0 Å². The lowest BCUT2D eigenvalue weighted by atomic mass is 9.82. The molecule has 3 atom stereocenters. The van der Waals surface area contributed by atoms with E-state index in [1.807, 2.05) is 13.0 Å². The second-order valence-electron chi connectivity index (χ2n) is 9.11. The van der Waals surface area contributed by atoms with Crippen LogP contribution in [0.1, 0.15) is 26.2 Å². The number of hydrogen-bond acceptors (Lipinski definition) is 5. The molecular weight excluding hydrogens is 491 g/mol. The van der Waals surface area contributed by atoms with Gasteiger partial charge >= 0.3 is 5.97 Å². The number of halogens is 2. The predicted octanol–water partition coefficient (Wildman–Crippen LogP) is 4.80. The molecule has 180 valence electrons. The van der Waals surface area contributed by atoms with Crippen molar-refractivity contribution in [1.82, 2.24) is 0 Å². The van der Waals surface area contributed by atoms with Crippen LogP contribution in [0, 0.1) is 17.8 Å². The quantitative estimate of drug-likeness (QED) is 0.254. The van der Waals surface area contributed by atoms with Gasteiger partial charge in [0.05, 0.1) is 39.2 Å². The van der Waals surface area contributed by atoms with Crippen LogP contribution in [0.5, 0.6) is 5.75 Å². The van der Waals surface area contributed by atoms with Gasteiger partial charge in [-0.15, -0.1) is 0 Å². The molecule has 1 aliphatic carbocycles. The summed E-state index contributed by atoms with van der Waals surface area (Å²) in [6.45, 7) is 2.10. The van der Waals surface area contributed by atoms with E-state index in [2.05, 4.69) is 0 Å². The summed E-state index contributed by atoms with van der Waals surface area (Å²) in [7, 11) is 0. The van der Waals surface area contributed by atoms with Gasteiger partial charge in [-0.05, 0) is 56.2 Å². The van der Waals surface area contributed by atoms with Gasteiger partial charge in [-0.25, -0.2) is 0 Å². The summed E-state index contributed by atoms with van der Waals surface area (Å²) in [6.07, 6.45) is 3.18. The fourth-order valence-electron chi connectivity index (χ4n) is 4.95. The second-order valence-corrected chi connectivity index (χ2v) is 9.89. The molecule has 2 aromatic rings. The number of benzene rings is 2. The molecule has 2 heterocycles. The van der Waals surface area contributed by atoms with Crippen LogP contribution < -0.4 is 14.5 Å². The highest BCUT2D eigenvalue weighted by molar-refractivity contribution is 6.44. The first-order valence-electron chi connectivity index (χ1n) is 11.3. The summed E-state index contributed by atoms with van der Waals surface area (Å²) in [5, 5.41) is 0.576. The topological polar surface area (TPSA) is 84.0 Å². The van der Waals surface area contributed by atoms with E-state index in [-0.39, 0.29) is 53.3 Å². The van der Waals surface area contributed by atoms with E-state index >= 15 is 0 Å². The minimum atomic E-state index is -0.669. The van der Waals surface area contributed by atoms with Gasteiger partial charge in [0.25, 0.3) is 0 Å². The van der Waals surface area contributed by atoms with Crippen molar-refractivity contribution in [2.24, 2.45) is 17.8 Å². The van der Waals surface area contributed by atoms with Crippen LogP contribution in [0.25, 0.3) is 0 Å². The highest BCUT2D eigenvalue weighted by Gasteiger charge is 2.48. The summed E-state index contributed by atoms with van der Waals surface area (Å²) >= 11 is 12.3. The fourth-order valence-corrected chi connectivity index (χ4v) is 5.35. The Balaban J connectivity index is 1.25. The Morgan fingerprint density at radius 2 is 1.69 bits per heavy atom. The van der Waals surface area contributed by atoms with E-state index in [0.717, 1.165) is 5.57 Å². The smallest absolute Gasteiger partial charge is 0.316 e. The molecule has 7 nitrogen and oxygen atoms in total. The Hall–Kier alpha value is -3.16. The Morgan fingerprint density at radius 1 is 0.971 bits per heavy atom. The first kappa shape index (κ1) is 23.6. The van der Waals surface area contributed by atoms with Crippen molar-refractivity contribution in [1.29, 1.82) is 0 Å². The lowest BCUT2D eigenvalue weighted by Crippen LogP contribution is -2.30. The van der Waals surface area contributed by atoms with Crippen LogP contribution in [0.4, 0.5) is 11.4 Å². The average molecular weight is 513 g/mol. The Bertz CT molecular complexity index is 1270. The molecule has 0 radical (unpaired) electrons. The summed E-state index contributed by atoms with van der Waals surface area (Å²) in [5.74, 6) is -2.23. The highest BCUT2D eigenvalue weighted by atomic mass is 35.5. The van der Waals surface area contributed by atoms with Gasteiger partial charge in [-0.3, -0.25) is 24.1 Å². The minimum absolute atomic E-state index is 0.00717. The molecule has 9 heteroatoms. The van der Waals surface area contributed by atoms with E-state index in [1.54, 1.807) is 42.5 Å². The van der Waals surface area contributed by atoms with Gasteiger partial charge in [-0.1, -0.05) is 40.9 Å². The number of imide groups is 1. The fraction of sp³-hybridized carbons (Fsp3) is 0.308. The molecule has 2 aliphatic heterocycles. The number of anilines is 2. The maximum Gasteiger partial charge on any atom is 0.316 e. The zero-order valence-electron chi connectivity index (χ0n) is 18.9. The number of amides is 3. The van der Waals surface area contributed by atoms with Crippen molar-refractivity contribution >= 4 is 58.3 Å². The normalized spacial score (nSPS) is 24.0. The average Bonchev–Trinajstić information content (AvgIpc) is 3.33. The maximum absolute atomic E-state index is 12.9. The largest absolute Gasteiger partial charge is 0.426 e. The monoisotopic (exact) mass is 512 g/mol. The van der Waals surface area contributed by atoms with Gasteiger partial charge in [0, 0.05) is 13.0 Å². The van der Waals surface area contributed by atoms with Crippen molar-refractivity contribution in [2.45, 2.75) is 26.2 Å². The standard InChI is InChI=1S/C26H22Cl2N2O5/c1-14-5-10-18-19(11-14)25(33)30(24(18)32)16-6-8-17(9-7-16)35-26(34)15-12-22(31)29(13-15)21-4-2-3-20(27)23(21)28/h2-9,15,18-19H,10-13H2,1H3/t15-,18+,19+/m1/s1. The van der Waals surface area contributed by atoms with Crippen molar-refractivity contribution in [3.05, 3.63) is 64.2 Å². The number of fused-ring (bicyclic) bond motifs is 1. The molecule has 2 aromatic carbocycles. The van der Waals surface area contributed by atoms with Crippen LogP contribution in [-0.2, 0) is 19.2 Å². The summed E-state index contributed by atoms with van der Waals surface area (Å²) in [4.78, 5) is 53.7. The molecule has 0 saturated carbocycles. The first-order valence-corrected chi connectivity index (χ1v) is 12.1. The van der Waals surface area contributed by atoms with E-state index in [4.69, 9.17) is 27.9 Å². The lowest BCUT2D eigenvalue weighted by molar-refractivity contribution is -0.139. The van der Waals surface area contributed by atoms with Crippen molar-refractivity contribution in [3.8, 4) is 5.75 Å². The number of carbonyl (C=O) groups is 4. The van der Waals surface area contributed by atoms with Gasteiger partial charge < -0.3 is 9.64 Å². The number of allylic oxidation sites excluding steroid dienone is 2. The number of ether oxygens (including phenoxy) is 1. The number of hydrogen-bond donors (Lipinski definition) is 0. The Labute approximate surface area is 212 Å². The predicted molar refractivity (Wildman–Crippen MR) is 131 cm³/mol. The molecule has 3 amide bonds. The van der Waals surface area contributed by atoms with Crippen LogP contribution in [0.3, 0.4) is 0 Å². The SMILES string of the molecule is CC1=CC[C@@H]2C(=O)N(c3ccc(OC(=O)[C@@H]4CC(=O)N(c5cccc(Cl)c5Cl)C4)cc3)C(=O)[C@H]2C1. The maximum atomic E-state index is 12.9. The molecule has 5 rings (SSSR count). The Morgan fingerprint density at radius 3 is 2.43 bits per heavy atom. The lowest BCUT2D eigenvalue weighted by Gasteiger charge is -2.19. The molecule has 0 bridgehead atoms. The van der Waals surface area contributed by atoms with Crippen molar-refractivity contribution < 1.29 is 23.9 Å². The molecule has 3 aliphatic rings. The van der Waals surface area contributed by atoms with Gasteiger partial charge in [0.15, 0.2) is 0 Å². The first-order chi connectivity index (χ1) is 16.7. The molecule has 0 N–H and O–H groups in total. The summed E-state index contributed by atoms with van der Waals surface area (Å²) in [5.41, 5.74) is 2.03. The third-order valence-electron chi connectivity index (χ3n) is 6.82. The number of esters is 1. The third-order valence-corrected chi connectivity index (χ3v) is 7.63. The van der Waals surface area contributed by atoms with Gasteiger partial charge in [0.1, 0.15) is 5.75 Å². The molecule has 0 unspecified atom stereocenters.